The second-order valence-corrected chi connectivity index (χ2v) is 16.2. The first-order valence-corrected chi connectivity index (χ1v) is 16.4. The van der Waals surface area contributed by atoms with Crippen LogP contribution >= 0.6 is 11.6 Å². The van der Waals surface area contributed by atoms with Gasteiger partial charge < -0.3 is 14.4 Å². The highest BCUT2D eigenvalue weighted by molar-refractivity contribution is 6.76. The van der Waals surface area contributed by atoms with Gasteiger partial charge in [0, 0.05) is 51.2 Å². The summed E-state index contributed by atoms with van der Waals surface area (Å²) in [6.07, 6.45) is -2.15. The summed E-state index contributed by atoms with van der Waals surface area (Å²) in [7, 11) is -1.47. The van der Waals surface area contributed by atoms with Crippen LogP contribution in [-0.4, -0.2) is 73.8 Å². The first kappa shape index (κ1) is 30.2. The number of nitrogens with zero attached hydrogens (tertiary/aromatic N) is 4. The molecular formula is C24H33ClF4N4O4Si. The van der Waals surface area contributed by atoms with Crippen LogP contribution in [0, 0.1) is 5.82 Å². The second kappa shape index (κ2) is 12.7. The minimum Gasteiger partial charge on any atom is -0.482 e. The molecule has 8 nitrogen and oxygen atoms in total. The van der Waals surface area contributed by atoms with Crippen LogP contribution in [0.3, 0.4) is 0 Å². The van der Waals surface area contributed by atoms with Crippen molar-refractivity contribution in [3.05, 3.63) is 56.1 Å². The average Bonchev–Trinajstić information content (AvgIpc) is 2.82. The van der Waals surface area contributed by atoms with E-state index < -0.39 is 37.9 Å². The van der Waals surface area contributed by atoms with E-state index in [-0.39, 0.29) is 24.0 Å². The molecule has 3 rings (SSSR count). The number of ether oxygens (including phenoxy) is 2. The van der Waals surface area contributed by atoms with Gasteiger partial charge in [-0.05, 0) is 25.1 Å². The number of hydrogen-bond donors (Lipinski definition) is 0. The molecule has 14 heteroatoms. The second-order valence-electron chi connectivity index (χ2n) is 10.4. The number of rotatable bonds is 11. The summed E-state index contributed by atoms with van der Waals surface area (Å²) < 4.78 is 64.4. The predicted octanol–water partition coefficient (Wildman–Crippen LogP) is 3.81. The van der Waals surface area contributed by atoms with Gasteiger partial charge in [0.25, 0.3) is 5.56 Å². The molecule has 0 radical (unpaired) electrons. The summed E-state index contributed by atoms with van der Waals surface area (Å²) in [6.45, 7) is 7.89. The average molecular weight is 581 g/mol. The van der Waals surface area contributed by atoms with Crippen LogP contribution in [0.25, 0.3) is 0 Å². The highest BCUT2D eigenvalue weighted by atomic mass is 35.5. The largest absolute Gasteiger partial charge is 0.482 e. The van der Waals surface area contributed by atoms with Gasteiger partial charge in [-0.2, -0.15) is 13.2 Å². The van der Waals surface area contributed by atoms with Crippen molar-refractivity contribution in [2.24, 2.45) is 0 Å². The lowest BCUT2D eigenvalue weighted by atomic mass is 10.2. The molecular weight excluding hydrogens is 548 g/mol. The molecule has 2 aromatic rings. The van der Waals surface area contributed by atoms with Gasteiger partial charge in [0.05, 0.1) is 13.8 Å². The van der Waals surface area contributed by atoms with Crippen molar-refractivity contribution in [3.63, 3.8) is 0 Å². The summed E-state index contributed by atoms with van der Waals surface area (Å²) in [5, 5.41) is -0.0577. The summed E-state index contributed by atoms with van der Waals surface area (Å²) in [6, 6.07) is 3.56. The minimum absolute atomic E-state index is 0.0170. The highest BCUT2D eigenvalue weighted by Gasteiger charge is 2.30. The Bertz CT molecular complexity index is 1210. The predicted molar refractivity (Wildman–Crippen MR) is 140 cm³/mol. The monoisotopic (exact) mass is 580 g/mol. The highest BCUT2D eigenvalue weighted by Crippen LogP contribution is 2.31. The number of halogens is 5. The molecule has 212 valence electrons. The first-order valence-electron chi connectivity index (χ1n) is 12.3. The van der Waals surface area contributed by atoms with Gasteiger partial charge in [0.1, 0.15) is 23.3 Å². The molecule has 0 unspecified atom stereocenters. The van der Waals surface area contributed by atoms with Crippen LogP contribution in [0.4, 0.5) is 23.2 Å². The number of anilines is 1. The Morgan fingerprint density at radius 3 is 2.37 bits per heavy atom. The van der Waals surface area contributed by atoms with Crippen LogP contribution in [0.1, 0.15) is 6.42 Å². The van der Waals surface area contributed by atoms with Gasteiger partial charge in [-0.25, -0.2) is 9.18 Å². The summed E-state index contributed by atoms with van der Waals surface area (Å²) in [5.41, 5.74) is -0.634. The van der Waals surface area contributed by atoms with Gasteiger partial charge in [0.15, 0.2) is 6.61 Å². The SMILES string of the molecule is C[Si](C)(C)COCn1cc(Cl)c(=O)n(CCCN2CCN(c3ccc(F)cc3OCC(F)(F)F)CC2)c1=O. The maximum atomic E-state index is 13.6. The quantitative estimate of drug-likeness (QED) is 0.297. The van der Waals surface area contributed by atoms with Gasteiger partial charge >= 0.3 is 11.9 Å². The maximum Gasteiger partial charge on any atom is 0.422 e. The Kier molecular flexibility index (Phi) is 10.1. The third kappa shape index (κ3) is 8.85. The van der Waals surface area contributed by atoms with Crippen molar-refractivity contribution < 1.29 is 27.0 Å². The molecule has 0 bridgehead atoms. The molecule has 38 heavy (non-hydrogen) atoms. The van der Waals surface area contributed by atoms with E-state index in [1.807, 2.05) is 4.90 Å². The lowest BCUT2D eigenvalue weighted by Crippen LogP contribution is -2.47. The summed E-state index contributed by atoms with van der Waals surface area (Å²) in [4.78, 5) is 29.3. The van der Waals surface area contributed by atoms with E-state index in [0.29, 0.717) is 51.1 Å². The molecule has 1 aliphatic heterocycles. The molecule has 0 amide bonds. The van der Waals surface area contributed by atoms with Gasteiger partial charge in [-0.3, -0.25) is 18.8 Å². The van der Waals surface area contributed by atoms with E-state index in [4.69, 9.17) is 21.1 Å². The van der Waals surface area contributed by atoms with Gasteiger partial charge in [-0.1, -0.05) is 31.2 Å². The van der Waals surface area contributed by atoms with Crippen LogP contribution in [0.2, 0.25) is 24.7 Å². The van der Waals surface area contributed by atoms with Crippen molar-refractivity contribution in [1.29, 1.82) is 0 Å². The van der Waals surface area contributed by atoms with E-state index >= 15 is 0 Å². The Labute approximate surface area is 224 Å². The number of aromatic nitrogens is 2. The van der Waals surface area contributed by atoms with E-state index in [2.05, 4.69) is 24.5 Å². The molecule has 0 atom stereocenters. The van der Waals surface area contributed by atoms with Crippen molar-refractivity contribution in [1.82, 2.24) is 14.0 Å². The van der Waals surface area contributed by atoms with Crippen LogP contribution in [0.5, 0.6) is 5.75 Å². The Hall–Kier alpha value is -2.35. The lowest BCUT2D eigenvalue weighted by Gasteiger charge is -2.36. The van der Waals surface area contributed by atoms with Crippen molar-refractivity contribution in [2.45, 2.75) is 45.5 Å². The smallest absolute Gasteiger partial charge is 0.422 e. The molecule has 0 aliphatic carbocycles. The molecule has 0 saturated carbocycles. The molecule has 1 saturated heterocycles. The Balaban J connectivity index is 1.56. The zero-order valence-electron chi connectivity index (χ0n) is 21.7. The number of benzene rings is 1. The molecule has 0 spiro atoms. The molecule has 1 aromatic heterocycles. The fraction of sp³-hybridized carbons (Fsp3) is 0.583. The Morgan fingerprint density at radius 1 is 1.05 bits per heavy atom. The van der Waals surface area contributed by atoms with E-state index in [1.165, 1.54) is 22.9 Å². The normalized spacial score (nSPS) is 15.2. The van der Waals surface area contributed by atoms with Crippen molar-refractivity contribution >= 4 is 25.4 Å². The van der Waals surface area contributed by atoms with Crippen molar-refractivity contribution in [3.8, 4) is 5.75 Å². The number of hydrogen-bond acceptors (Lipinski definition) is 6. The van der Waals surface area contributed by atoms with E-state index in [0.717, 1.165) is 10.6 Å². The Morgan fingerprint density at radius 2 is 1.74 bits per heavy atom. The summed E-state index contributed by atoms with van der Waals surface area (Å²) in [5.74, 6) is -0.830. The first-order chi connectivity index (χ1) is 17.7. The fourth-order valence-electron chi connectivity index (χ4n) is 4.05. The molecule has 1 fully saturated rings. The number of piperazine rings is 1. The molecule has 1 aromatic carbocycles. The van der Waals surface area contributed by atoms with Gasteiger partial charge in [0.2, 0.25) is 0 Å². The number of alkyl halides is 3. The topological polar surface area (TPSA) is 68.9 Å². The minimum atomic E-state index is -4.53. The van der Waals surface area contributed by atoms with E-state index in [1.54, 1.807) is 0 Å². The van der Waals surface area contributed by atoms with Crippen LogP contribution in [-0.2, 0) is 18.0 Å². The van der Waals surface area contributed by atoms with Crippen LogP contribution in [0.15, 0.2) is 34.0 Å². The lowest BCUT2D eigenvalue weighted by molar-refractivity contribution is -0.153. The van der Waals surface area contributed by atoms with Crippen LogP contribution < -0.4 is 20.9 Å². The molecule has 0 N–H and O–H groups in total. The van der Waals surface area contributed by atoms with Gasteiger partial charge in [-0.15, -0.1) is 0 Å². The third-order valence-corrected chi connectivity index (χ3v) is 7.17. The summed E-state index contributed by atoms with van der Waals surface area (Å²) >= 11 is 6.08. The standard InChI is InChI=1S/C24H33ClF4N4O4Si/c1-38(2,3)17-36-16-32-14-19(25)22(34)33(23(32)35)8-4-7-30-9-11-31(12-10-30)20-6-5-18(26)13-21(20)37-15-24(27,28)29/h5-6,13-14H,4,7-12,15-17H2,1-3H3. The third-order valence-electron chi connectivity index (χ3n) is 5.84. The van der Waals surface area contributed by atoms with Crippen molar-refractivity contribution in [2.75, 3.05) is 50.5 Å². The molecule has 2 heterocycles. The van der Waals surface area contributed by atoms with E-state index in [9.17, 15) is 27.2 Å². The fourth-order valence-corrected chi connectivity index (χ4v) is 4.97. The maximum absolute atomic E-state index is 13.6. The zero-order chi connectivity index (χ0) is 28.1. The molecule has 1 aliphatic rings. The zero-order valence-corrected chi connectivity index (χ0v) is 23.4.